The van der Waals surface area contributed by atoms with Gasteiger partial charge >= 0.3 is 0 Å². The standard InChI is InChI=1S/C15H22Br2N2O2/c1-3-5-18-9-11-7-12(16)15(13(17)8-11)21-10-14(20)19-6-4-2/h7-8,18H,3-6,9-10H2,1-2H3,(H,19,20). The first-order valence-electron chi connectivity index (χ1n) is 7.16. The van der Waals surface area contributed by atoms with E-state index in [0.717, 1.165) is 40.4 Å². The van der Waals surface area contributed by atoms with Gasteiger partial charge in [0.05, 0.1) is 8.95 Å². The van der Waals surface area contributed by atoms with Crippen LogP contribution in [0.1, 0.15) is 32.3 Å². The zero-order valence-corrected chi connectivity index (χ0v) is 15.6. The molecule has 4 nitrogen and oxygen atoms in total. The Labute approximate surface area is 143 Å². The molecule has 0 aliphatic rings. The van der Waals surface area contributed by atoms with Gasteiger partial charge in [0.1, 0.15) is 5.75 Å². The first kappa shape index (κ1) is 18.5. The highest BCUT2D eigenvalue weighted by molar-refractivity contribution is 9.11. The fraction of sp³-hybridized carbons (Fsp3) is 0.533. The van der Waals surface area contributed by atoms with Gasteiger partial charge in [-0.3, -0.25) is 4.79 Å². The summed E-state index contributed by atoms with van der Waals surface area (Å²) in [5.41, 5.74) is 1.16. The molecular formula is C15H22Br2N2O2. The summed E-state index contributed by atoms with van der Waals surface area (Å²) in [5.74, 6) is 0.547. The lowest BCUT2D eigenvalue weighted by Crippen LogP contribution is -2.29. The molecule has 0 aromatic heterocycles. The first-order chi connectivity index (χ1) is 10.1. The topological polar surface area (TPSA) is 50.4 Å². The summed E-state index contributed by atoms with van der Waals surface area (Å²) in [4.78, 5) is 11.6. The van der Waals surface area contributed by atoms with Crippen molar-refractivity contribution in [3.8, 4) is 5.75 Å². The molecule has 0 spiro atoms. The molecular weight excluding hydrogens is 400 g/mol. The SMILES string of the molecule is CCCNCc1cc(Br)c(OCC(=O)NCCC)c(Br)c1. The highest BCUT2D eigenvalue weighted by Crippen LogP contribution is 2.34. The van der Waals surface area contributed by atoms with Gasteiger partial charge in [-0.05, 0) is 68.9 Å². The van der Waals surface area contributed by atoms with Crippen molar-refractivity contribution in [1.29, 1.82) is 0 Å². The van der Waals surface area contributed by atoms with Gasteiger partial charge in [-0.25, -0.2) is 0 Å². The number of hydrogen-bond donors (Lipinski definition) is 2. The Morgan fingerprint density at radius 3 is 2.33 bits per heavy atom. The van der Waals surface area contributed by atoms with E-state index in [1.54, 1.807) is 0 Å². The molecule has 2 N–H and O–H groups in total. The summed E-state index contributed by atoms with van der Waals surface area (Å²) >= 11 is 6.99. The Hall–Kier alpha value is -0.590. The second-order valence-electron chi connectivity index (χ2n) is 4.70. The van der Waals surface area contributed by atoms with Crippen LogP contribution >= 0.6 is 31.9 Å². The second kappa shape index (κ2) is 10.2. The normalized spacial score (nSPS) is 10.5. The van der Waals surface area contributed by atoms with Gasteiger partial charge in [0.15, 0.2) is 6.61 Å². The van der Waals surface area contributed by atoms with Crippen molar-refractivity contribution >= 4 is 37.8 Å². The van der Waals surface area contributed by atoms with Gasteiger partial charge in [-0.1, -0.05) is 13.8 Å². The molecule has 0 atom stereocenters. The Balaban J connectivity index is 2.60. The van der Waals surface area contributed by atoms with Gasteiger partial charge in [-0.15, -0.1) is 0 Å². The number of rotatable bonds is 9. The lowest BCUT2D eigenvalue weighted by molar-refractivity contribution is -0.123. The molecule has 1 aromatic carbocycles. The summed E-state index contributed by atoms with van der Waals surface area (Å²) in [6.45, 7) is 6.64. The van der Waals surface area contributed by atoms with Gasteiger partial charge in [-0.2, -0.15) is 0 Å². The molecule has 0 bridgehead atoms. The maximum atomic E-state index is 11.6. The molecule has 1 amide bonds. The largest absolute Gasteiger partial charge is 0.481 e. The minimum absolute atomic E-state index is 0.0185. The zero-order valence-electron chi connectivity index (χ0n) is 12.5. The number of halogens is 2. The fourth-order valence-corrected chi connectivity index (χ4v) is 3.23. The molecule has 0 heterocycles. The number of amides is 1. The van der Waals surface area contributed by atoms with E-state index in [1.807, 2.05) is 19.1 Å². The monoisotopic (exact) mass is 420 g/mol. The Bertz CT molecular complexity index is 444. The van der Waals surface area contributed by atoms with E-state index in [0.29, 0.717) is 12.3 Å². The van der Waals surface area contributed by atoms with Gasteiger partial charge < -0.3 is 15.4 Å². The van der Waals surface area contributed by atoms with Crippen molar-refractivity contribution in [2.75, 3.05) is 19.7 Å². The molecule has 0 aliphatic carbocycles. The van der Waals surface area contributed by atoms with Gasteiger partial charge in [0.2, 0.25) is 0 Å². The van der Waals surface area contributed by atoms with E-state index in [-0.39, 0.29) is 12.5 Å². The molecule has 0 saturated carbocycles. The van der Waals surface area contributed by atoms with Crippen molar-refractivity contribution in [2.24, 2.45) is 0 Å². The molecule has 0 saturated heterocycles. The summed E-state index contributed by atoms with van der Waals surface area (Å²) in [6.07, 6.45) is 2.02. The average molecular weight is 422 g/mol. The van der Waals surface area contributed by atoms with Crippen molar-refractivity contribution in [1.82, 2.24) is 10.6 Å². The first-order valence-corrected chi connectivity index (χ1v) is 8.75. The maximum absolute atomic E-state index is 11.6. The molecule has 1 aromatic rings. The van der Waals surface area contributed by atoms with E-state index in [4.69, 9.17) is 4.74 Å². The number of carbonyl (C=O) groups excluding carboxylic acids is 1. The van der Waals surface area contributed by atoms with Crippen LogP contribution in [0.2, 0.25) is 0 Å². The molecule has 0 fully saturated rings. The van der Waals surface area contributed by atoms with Crippen LogP contribution in [0.5, 0.6) is 5.75 Å². The van der Waals surface area contributed by atoms with E-state index >= 15 is 0 Å². The zero-order chi connectivity index (χ0) is 15.7. The van der Waals surface area contributed by atoms with Crippen molar-refractivity contribution in [3.63, 3.8) is 0 Å². The molecule has 0 aliphatic heterocycles. The smallest absolute Gasteiger partial charge is 0.257 e. The Morgan fingerprint density at radius 2 is 1.76 bits per heavy atom. The van der Waals surface area contributed by atoms with Crippen molar-refractivity contribution < 1.29 is 9.53 Å². The Kier molecular flexibility index (Phi) is 8.96. The van der Waals surface area contributed by atoms with Crippen LogP contribution in [0.15, 0.2) is 21.1 Å². The Morgan fingerprint density at radius 1 is 1.14 bits per heavy atom. The predicted molar refractivity (Wildman–Crippen MR) is 92.6 cm³/mol. The van der Waals surface area contributed by atoms with E-state index in [1.165, 1.54) is 0 Å². The summed E-state index contributed by atoms with van der Waals surface area (Å²) in [7, 11) is 0. The third kappa shape index (κ3) is 6.80. The molecule has 0 unspecified atom stereocenters. The van der Waals surface area contributed by atoms with Crippen LogP contribution in [-0.2, 0) is 11.3 Å². The minimum Gasteiger partial charge on any atom is -0.481 e. The predicted octanol–water partition coefficient (Wildman–Crippen LogP) is 3.62. The number of hydrogen-bond acceptors (Lipinski definition) is 3. The molecule has 0 radical (unpaired) electrons. The van der Waals surface area contributed by atoms with Gasteiger partial charge in [0.25, 0.3) is 5.91 Å². The van der Waals surface area contributed by atoms with Crippen LogP contribution in [0.4, 0.5) is 0 Å². The number of benzene rings is 1. The highest BCUT2D eigenvalue weighted by atomic mass is 79.9. The molecule has 118 valence electrons. The van der Waals surface area contributed by atoms with Gasteiger partial charge in [0, 0.05) is 13.1 Å². The lowest BCUT2D eigenvalue weighted by Gasteiger charge is -2.12. The fourth-order valence-electron chi connectivity index (χ4n) is 1.71. The van der Waals surface area contributed by atoms with Crippen LogP contribution in [0.25, 0.3) is 0 Å². The van der Waals surface area contributed by atoms with Crippen molar-refractivity contribution in [3.05, 3.63) is 26.6 Å². The van der Waals surface area contributed by atoms with E-state index in [9.17, 15) is 4.79 Å². The van der Waals surface area contributed by atoms with Crippen molar-refractivity contribution in [2.45, 2.75) is 33.2 Å². The van der Waals surface area contributed by atoms with E-state index in [2.05, 4.69) is 49.4 Å². The summed E-state index contributed by atoms with van der Waals surface area (Å²) in [6, 6.07) is 4.01. The second-order valence-corrected chi connectivity index (χ2v) is 6.41. The maximum Gasteiger partial charge on any atom is 0.257 e. The quantitative estimate of drug-likeness (QED) is 0.598. The van der Waals surface area contributed by atoms with Crippen LogP contribution in [0.3, 0.4) is 0 Å². The third-order valence-corrected chi connectivity index (χ3v) is 3.91. The lowest BCUT2D eigenvalue weighted by atomic mass is 10.2. The van der Waals surface area contributed by atoms with Crippen LogP contribution < -0.4 is 15.4 Å². The third-order valence-electron chi connectivity index (χ3n) is 2.73. The molecule has 21 heavy (non-hydrogen) atoms. The van der Waals surface area contributed by atoms with Crippen LogP contribution in [-0.4, -0.2) is 25.6 Å². The summed E-state index contributed by atoms with van der Waals surface area (Å²) in [5, 5.41) is 6.13. The summed E-state index contributed by atoms with van der Waals surface area (Å²) < 4.78 is 7.26. The molecule has 6 heteroatoms. The van der Waals surface area contributed by atoms with Crippen LogP contribution in [0, 0.1) is 0 Å². The number of ether oxygens (including phenoxy) is 1. The molecule has 1 rings (SSSR count). The van der Waals surface area contributed by atoms with E-state index < -0.39 is 0 Å². The average Bonchev–Trinajstić information content (AvgIpc) is 2.44. The minimum atomic E-state index is -0.107. The number of nitrogens with one attached hydrogen (secondary N) is 2. The number of carbonyl (C=O) groups is 1. The highest BCUT2D eigenvalue weighted by Gasteiger charge is 2.11.